The Hall–Kier alpha value is -6.65. The van der Waals surface area contributed by atoms with E-state index in [-0.39, 0.29) is 64.1 Å². The molecule has 9 heterocycles. The van der Waals surface area contributed by atoms with Gasteiger partial charge in [0.15, 0.2) is 0 Å². The van der Waals surface area contributed by atoms with Gasteiger partial charge in [-0.15, -0.1) is 0 Å². The van der Waals surface area contributed by atoms with Crippen LogP contribution in [-0.4, -0.2) is 168 Å². The molecule has 6 aromatic rings. The van der Waals surface area contributed by atoms with Gasteiger partial charge in [0.25, 0.3) is 0 Å². The monoisotopic (exact) mass is 1300 g/mol. The van der Waals surface area contributed by atoms with Crippen molar-refractivity contribution in [2.24, 2.45) is 29.6 Å². The molecule has 22 heteroatoms. The Morgan fingerprint density at radius 3 is 1.05 bits per heavy atom. The highest BCUT2D eigenvalue weighted by molar-refractivity contribution is 5.88. The molecule has 6 fully saturated rings. The van der Waals surface area contributed by atoms with Crippen LogP contribution in [0.25, 0.3) is 32.7 Å². The molecule has 0 saturated carbocycles. The van der Waals surface area contributed by atoms with Gasteiger partial charge >= 0.3 is 24.6 Å². The van der Waals surface area contributed by atoms with Crippen LogP contribution in [-0.2, 0) is 28.1 Å². The van der Waals surface area contributed by atoms with Crippen molar-refractivity contribution in [3.8, 4) is 0 Å². The lowest BCUT2D eigenvalue weighted by atomic mass is 9.82. The number of benzene rings is 3. The van der Waals surface area contributed by atoms with Gasteiger partial charge < -0.3 is 34.7 Å². The van der Waals surface area contributed by atoms with Gasteiger partial charge in [-0.3, -0.25) is 24.5 Å². The van der Waals surface area contributed by atoms with Crippen molar-refractivity contribution < 1.29 is 53.9 Å². The van der Waals surface area contributed by atoms with Crippen LogP contribution in [0.15, 0.2) is 91.4 Å². The fourth-order valence-electron chi connectivity index (χ4n) is 15.3. The van der Waals surface area contributed by atoms with Gasteiger partial charge in [-0.2, -0.15) is 39.5 Å². The molecule has 504 valence electrons. The number of urea groups is 1. The summed E-state index contributed by atoms with van der Waals surface area (Å²) in [4.78, 5) is 63.8. The van der Waals surface area contributed by atoms with Gasteiger partial charge in [-0.1, -0.05) is 57.2 Å². The first-order chi connectivity index (χ1) is 44.2. The normalized spacial score (nSPS) is 23.9. The molecule has 1 N–H and O–H groups in total. The van der Waals surface area contributed by atoms with E-state index in [2.05, 4.69) is 76.9 Å². The zero-order valence-corrected chi connectivity index (χ0v) is 54.3. The van der Waals surface area contributed by atoms with E-state index in [0.717, 1.165) is 145 Å². The Bertz CT molecular complexity index is 3180. The van der Waals surface area contributed by atoms with Crippen molar-refractivity contribution in [3.63, 3.8) is 0 Å². The molecule has 6 aliphatic rings. The number of nitrogens with one attached hydrogen (secondary N) is 1. The number of carbonyl (C=O) groups is 3. The second kappa shape index (κ2) is 29.6. The first-order valence-electron chi connectivity index (χ1n) is 33.2. The Labute approximate surface area is 539 Å². The topological polar surface area (TPSA) is 121 Å². The van der Waals surface area contributed by atoms with Crippen LogP contribution in [0.3, 0.4) is 0 Å². The number of hydrogen-bond donors (Lipinski definition) is 1. The molecule has 2 unspecified atom stereocenters. The minimum absolute atomic E-state index is 0.00470. The number of alkyl halides is 9. The molecule has 3 aromatic heterocycles. The number of pyridine rings is 3. The van der Waals surface area contributed by atoms with Crippen LogP contribution in [0.2, 0.25) is 0 Å². The summed E-state index contributed by atoms with van der Waals surface area (Å²) in [5.41, 5.74) is 0.404. The fraction of sp³-hybridized carbons (Fsp3) is 0.577. The maximum Gasteiger partial charge on any atom is 0.418 e. The quantitative estimate of drug-likeness (QED) is 0.149. The fourth-order valence-corrected chi connectivity index (χ4v) is 15.3. The first-order valence-corrected chi connectivity index (χ1v) is 33.2. The summed E-state index contributed by atoms with van der Waals surface area (Å²) in [6.45, 7) is 16.1. The van der Waals surface area contributed by atoms with Gasteiger partial charge in [0.1, 0.15) is 0 Å². The van der Waals surface area contributed by atoms with E-state index in [9.17, 15) is 53.9 Å². The maximum absolute atomic E-state index is 13.5. The van der Waals surface area contributed by atoms with Crippen molar-refractivity contribution in [2.45, 2.75) is 134 Å². The number of hydrogen-bond acceptors (Lipinski definition) is 9. The summed E-state index contributed by atoms with van der Waals surface area (Å²) in [5.74, 6) is 2.07. The van der Waals surface area contributed by atoms with Crippen LogP contribution in [0.5, 0.6) is 0 Å². The average Bonchev–Trinajstić information content (AvgIpc) is 0.795. The van der Waals surface area contributed by atoms with Crippen molar-refractivity contribution >= 4 is 50.6 Å². The number of amides is 4. The Kier molecular flexibility index (Phi) is 22.0. The maximum atomic E-state index is 13.5. The molecule has 13 nitrogen and oxygen atoms in total. The Morgan fingerprint density at radius 1 is 0.430 bits per heavy atom. The third-order valence-corrected chi connectivity index (χ3v) is 20.3. The summed E-state index contributed by atoms with van der Waals surface area (Å²) >= 11 is 0. The highest BCUT2D eigenvalue weighted by Crippen LogP contribution is 2.44. The number of piperidine rings is 6. The largest absolute Gasteiger partial charge is 0.418 e. The van der Waals surface area contributed by atoms with Crippen molar-refractivity contribution in [3.05, 3.63) is 125 Å². The third kappa shape index (κ3) is 17.3. The highest BCUT2D eigenvalue weighted by Gasteiger charge is 2.40. The van der Waals surface area contributed by atoms with Crippen molar-refractivity contribution in [2.75, 3.05) is 99.7 Å². The number of nitrogens with zero attached hydrogens (tertiary/aromatic N) is 9. The van der Waals surface area contributed by atoms with E-state index >= 15 is 0 Å². The van der Waals surface area contributed by atoms with Crippen LogP contribution in [0, 0.1) is 29.6 Å². The lowest BCUT2D eigenvalue weighted by Crippen LogP contribution is -2.52. The summed E-state index contributed by atoms with van der Waals surface area (Å²) in [7, 11) is 6.30. The lowest BCUT2D eigenvalue weighted by Gasteiger charge is -2.38. The summed E-state index contributed by atoms with van der Waals surface area (Å²) in [6, 6.07) is 18.5. The summed E-state index contributed by atoms with van der Waals surface area (Å²) in [5, 5.41) is 4.77. The molecule has 6 atom stereocenters. The molecule has 93 heavy (non-hydrogen) atoms. The zero-order chi connectivity index (χ0) is 66.5. The SMILES string of the molecule is CC1CC(c2ccc(C(F)(F)F)c3ncccc23)CN(C(=O)CC2CCN(C)CC2)C1.C[C@@H]1C[C@H](c2ccc(C(F)(F)F)c3ncccc23)CN(C(=O)CC2CCN(C)CC2)C1.C[C@H]1C[C@@H](c2ccc(C(F)(F)F)c3ncccc23)CN(C(=O)NC2CCN(C)CC2)C1. The number of halogens is 9. The van der Waals surface area contributed by atoms with E-state index < -0.39 is 35.2 Å². The summed E-state index contributed by atoms with van der Waals surface area (Å²) < 4.78 is 121. The van der Waals surface area contributed by atoms with E-state index in [1.54, 1.807) is 54.6 Å². The van der Waals surface area contributed by atoms with Gasteiger partial charge in [-0.05, 0) is 201 Å². The van der Waals surface area contributed by atoms with E-state index in [1.807, 2.05) is 14.7 Å². The number of rotatable bonds is 8. The molecule has 0 radical (unpaired) electrons. The molecule has 12 rings (SSSR count). The number of likely N-dealkylation sites (tertiary alicyclic amines) is 6. The van der Waals surface area contributed by atoms with Gasteiger partial charge in [0.05, 0.1) is 33.2 Å². The van der Waals surface area contributed by atoms with E-state index in [4.69, 9.17) is 0 Å². The second-order valence-electron chi connectivity index (χ2n) is 27.8. The molecule has 0 bridgehead atoms. The molecule has 0 spiro atoms. The standard InChI is InChI=1S/2C24H30F3N3O.C23H29F3N4O/c2*1-16-12-18(15-30(14-16)22(31)13-17-7-10-29(2)11-8-17)19-5-6-21(24(25,26)27)23-20(19)4-3-9-28-23;1-15-12-16(14-30(13-15)22(31)28-17-7-10-29(2)11-8-17)18-5-6-20(23(24,25)26)21-19(18)4-3-9-27-21/h2*3-6,9,16-18H,7-8,10-15H2,1-2H3;3-6,9,15-17H,7-8,10-14H2,1-2H3,(H,28,31)/t16-,18+;;15-,16+/m1.0/s1. The first kappa shape index (κ1) is 69.2. The molecule has 6 saturated heterocycles. The lowest BCUT2D eigenvalue weighted by molar-refractivity contribution is -0.137. The van der Waals surface area contributed by atoms with Crippen LogP contribution < -0.4 is 5.32 Å². The zero-order valence-electron chi connectivity index (χ0n) is 54.3. The highest BCUT2D eigenvalue weighted by atomic mass is 19.4. The average molecular weight is 1300 g/mol. The van der Waals surface area contributed by atoms with Crippen molar-refractivity contribution in [1.82, 2.24) is 49.7 Å². The molecule has 4 amide bonds. The van der Waals surface area contributed by atoms with Crippen molar-refractivity contribution in [1.29, 1.82) is 0 Å². The summed E-state index contributed by atoms with van der Waals surface area (Å²) in [6.07, 6.45) is 0.598. The predicted octanol–water partition coefficient (Wildman–Crippen LogP) is 14.4. The molecule has 0 aliphatic carbocycles. The van der Waals surface area contributed by atoms with Gasteiger partial charge in [0.2, 0.25) is 11.8 Å². The van der Waals surface area contributed by atoms with Gasteiger partial charge in [0, 0.05) is 111 Å². The number of carbonyl (C=O) groups excluding carboxylic acids is 3. The molecular formula is C71H89F9N10O3. The minimum atomic E-state index is -4.45. The van der Waals surface area contributed by atoms with Gasteiger partial charge in [-0.25, -0.2) is 4.79 Å². The van der Waals surface area contributed by atoms with E-state index in [1.165, 1.54) is 18.6 Å². The Morgan fingerprint density at radius 2 is 0.731 bits per heavy atom. The third-order valence-electron chi connectivity index (χ3n) is 20.3. The van der Waals surface area contributed by atoms with Crippen LogP contribution in [0.1, 0.15) is 143 Å². The minimum Gasteiger partial charge on any atom is -0.342 e. The molecular weight excluding hydrogens is 1210 g/mol. The predicted molar refractivity (Wildman–Crippen MR) is 343 cm³/mol. The smallest absolute Gasteiger partial charge is 0.342 e. The molecule has 3 aromatic carbocycles. The van der Waals surface area contributed by atoms with Crippen LogP contribution >= 0.6 is 0 Å². The second-order valence-corrected chi connectivity index (χ2v) is 27.8. The van der Waals surface area contributed by atoms with E-state index in [0.29, 0.717) is 78.9 Å². The molecule has 6 aliphatic heterocycles. The number of aromatic nitrogens is 3. The van der Waals surface area contributed by atoms with Crippen LogP contribution in [0.4, 0.5) is 44.3 Å². The number of fused-ring (bicyclic) bond motifs is 3. The Balaban J connectivity index is 0.000000153.